The molecule has 26 heavy (non-hydrogen) atoms. The minimum atomic E-state index is 0.333. The quantitative estimate of drug-likeness (QED) is 0.561. The third-order valence-corrected chi connectivity index (χ3v) is 4.13. The Labute approximate surface area is 150 Å². The monoisotopic (exact) mass is 347 g/mol. The van der Waals surface area contributed by atoms with Gasteiger partial charge in [0.1, 0.15) is 11.4 Å². The predicted octanol–water partition coefficient (Wildman–Crippen LogP) is 3.61. The normalized spacial score (nSPS) is 10.9. The fourth-order valence-electron chi connectivity index (χ4n) is 2.69. The van der Waals surface area contributed by atoms with Crippen LogP contribution in [0.4, 0.5) is 0 Å². The van der Waals surface area contributed by atoms with E-state index in [4.69, 9.17) is 9.15 Å². The van der Waals surface area contributed by atoms with Crippen molar-refractivity contribution in [3.63, 3.8) is 0 Å². The fourth-order valence-corrected chi connectivity index (χ4v) is 2.69. The highest BCUT2D eigenvalue weighted by atomic mass is 16.5. The van der Waals surface area contributed by atoms with Crippen LogP contribution in [0.25, 0.3) is 28.7 Å². The molecule has 2 aromatic carbocycles. The lowest BCUT2D eigenvalue weighted by Crippen LogP contribution is -2.01. The van der Waals surface area contributed by atoms with E-state index in [1.54, 1.807) is 11.8 Å². The third kappa shape index (κ3) is 2.73. The topological polar surface area (TPSA) is 78.9 Å². The van der Waals surface area contributed by atoms with Crippen LogP contribution in [0.3, 0.4) is 0 Å². The molecule has 0 spiro atoms. The van der Waals surface area contributed by atoms with Gasteiger partial charge in [0.15, 0.2) is 5.69 Å². The molecule has 0 bridgehead atoms. The Balaban J connectivity index is 1.72. The van der Waals surface area contributed by atoms with Crippen LogP contribution in [0.5, 0.6) is 5.75 Å². The molecule has 2 aromatic heterocycles. The van der Waals surface area contributed by atoms with Gasteiger partial charge in [-0.25, -0.2) is 4.68 Å². The third-order valence-electron chi connectivity index (χ3n) is 4.13. The van der Waals surface area contributed by atoms with Crippen LogP contribution >= 0.6 is 0 Å². The molecule has 0 radical (unpaired) electrons. The van der Waals surface area contributed by atoms with Crippen molar-refractivity contribution in [1.29, 1.82) is 0 Å². The molecule has 0 N–H and O–H groups in total. The van der Waals surface area contributed by atoms with E-state index in [0.29, 0.717) is 23.2 Å². The lowest BCUT2D eigenvalue weighted by atomic mass is 10.1. The van der Waals surface area contributed by atoms with Crippen molar-refractivity contribution in [2.75, 3.05) is 7.11 Å². The maximum Gasteiger partial charge on any atom is 0.270 e. The van der Waals surface area contributed by atoms with Crippen molar-refractivity contribution in [3.05, 3.63) is 59.8 Å². The highest BCUT2D eigenvalue weighted by Gasteiger charge is 2.20. The summed E-state index contributed by atoms with van der Waals surface area (Å²) in [7, 11) is 1.62. The van der Waals surface area contributed by atoms with E-state index in [2.05, 4.69) is 20.5 Å². The summed E-state index contributed by atoms with van der Waals surface area (Å²) in [5.41, 5.74) is 4.16. The number of benzene rings is 2. The van der Waals surface area contributed by atoms with Gasteiger partial charge in [-0.15, -0.1) is 15.3 Å². The first kappa shape index (κ1) is 16.0. The Morgan fingerprint density at radius 3 is 2.38 bits per heavy atom. The molecule has 0 atom stereocenters. The van der Waals surface area contributed by atoms with Gasteiger partial charge in [-0.3, -0.25) is 0 Å². The Hall–Kier alpha value is -3.48. The molecule has 0 unspecified atom stereocenters. The van der Waals surface area contributed by atoms with Crippen molar-refractivity contribution in [2.45, 2.75) is 13.8 Å². The molecule has 0 aliphatic heterocycles. The maximum atomic E-state index is 5.81. The van der Waals surface area contributed by atoms with Gasteiger partial charge in [0.05, 0.1) is 12.8 Å². The van der Waals surface area contributed by atoms with Gasteiger partial charge in [0.2, 0.25) is 5.89 Å². The van der Waals surface area contributed by atoms with E-state index >= 15 is 0 Å². The number of rotatable bonds is 4. The van der Waals surface area contributed by atoms with E-state index in [-0.39, 0.29) is 0 Å². The molecule has 7 nitrogen and oxygen atoms in total. The number of ether oxygens (including phenoxy) is 1. The zero-order valence-electron chi connectivity index (χ0n) is 14.7. The summed E-state index contributed by atoms with van der Waals surface area (Å²) in [5.74, 6) is 1.49. The smallest absolute Gasteiger partial charge is 0.270 e. The Kier molecular flexibility index (Phi) is 3.96. The zero-order valence-corrected chi connectivity index (χ0v) is 14.7. The standard InChI is InChI=1S/C19H17N5O2/c1-12-8-10-14(11-9-12)18-21-22-19(26-18)17-13(2)24(23-20-17)15-6-4-5-7-16(15)25-3/h4-11H,1-3H3. The van der Waals surface area contributed by atoms with Gasteiger partial charge in [0, 0.05) is 5.56 Å². The molecule has 4 rings (SSSR count). The van der Waals surface area contributed by atoms with Gasteiger partial charge in [-0.1, -0.05) is 35.0 Å². The van der Waals surface area contributed by atoms with E-state index < -0.39 is 0 Å². The van der Waals surface area contributed by atoms with Crippen LogP contribution in [0, 0.1) is 13.8 Å². The summed E-state index contributed by atoms with van der Waals surface area (Å²) in [6, 6.07) is 15.5. The molecule has 0 fully saturated rings. The van der Waals surface area contributed by atoms with Crippen LogP contribution in [-0.2, 0) is 0 Å². The van der Waals surface area contributed by atoms with Crippen LogP contribution in [0.2, 0.25) is 0 Å². The second-order valence-corrected chi connectivity index (χ2v) is 5.89. The minimum absolute atomic E-state index is 0.333. The predicted molar refractivity (Wildman–Crippen MR) is 96.1 cm³/mol. The highest BCUT2D eigenvalue weighted by Crippen LogP contribution is 2.28. The van der Waals surface area contributed by atoms with Gasteiger partial charge in [0.25, 0.3) is 5.89 Å². The number of aryl methyl sites for hydroxylation is 1. The van der Waals surface area contributed by atoms with Gasteiger partial charge < -0.3 is 9.15 Å². The highest BCUT2D eigenvalue weighted by molar-refractivity contribution is 5.58. The zero-order chi connectivity index (χ0) is 18.1. The molecule has 7 heteroatoms. The molecule has 130 valence electrons. The van der Waals surface area contributed by atoms with Gasteiger partial charge >= 0.3 is 0 Å². The van der Waals surface area contributed by atoms with Crippen LogP contribution in [0.15, 0.2) is 52.9 Å². The summed E-state index contributed by atoms with van der Waals surface area (Å²) in [6.07, 6.45) is 0. The summed E-state index contributed by atoms with van der Waals surface area (Å²) in [6.45, 7) is 3.93. The SMILES string of the molecule is COc1ccccc1-n1nnc(-c2nnc(-c3ccc(C)cc3)o2)c1C. The molecular weight excluding hydrogens is 330 g/mol. The Morgan fingerprint density at radius 2 is 1.62 bits per heavy atom. The van der Waals surface area contributed by atoms with Crippen molar-refractivity contribution in [2.24, 2.45) is 0 Å². The number of hydrogen-bond donors (Lipinski definition) is 0. The van der Waals surface area contributed by atoms with Crippen molar-refractivity contribution < 1.29 is 9.15 Å². The lowest BCUT2D eigenvalue weighted by Gasteiger charge is -2.08. The second-order valence-electron chi connectivity index (χ2n) is 5.89. The Morgan fingerprint density at radius 1 is 0.885 bits per heavy atom. The molecule has 0 saturated heterocycles. The molecule has 0 aliphatic carbocycles. The van der Waals surface area contributed by atoms with Crippen LogP contribution in [-0.4, -0.2) is 32.3 Å². The molecule has 4 aromatic rings. The molecule has 0 aliphatic rings. The first-order chi connectivity index (χ1) is 12.7. The minimum Gasteiger partial charge on any atom is -0.494 e. The molecule has 0 saturated carbocycles. The lowest BCUT2D eigenvalue weighted by molar-refractivity contribution is 0.411. The summed E-state index contributed by atoms with van der Waals surface area (Å²) >= 11 is 0. The van der Waals surface area contributed by atoms with E-state index in [1.165, 1.54) is 5.56 Å². The molecular formula is C19H17N5O2. The second kappa shape index (κ2) is 6.44. The van der Waals surface area contributed by atoms with Crippen LogP contribution < -0.4 is 4.74 Å². The van der Waals surface area contributed by atoms with Gasteiger partial charge in [-0.05, 0) is 38.1 Å². The average molecular weight is 347 g/mol. The summed E-state index contributed by atoms with van der Waals surface area (Å²) < 4.78 is 12.9. The Bertz CT molecular complexity index is 1050. The van der Waals surface area contributed by atoms with E-state index in [1.807, 2.05) is 62.4 Å². The van der Waals surface area contributed by atoms with Crippen LogP contribution in [0.1, 0.15) is 11.3 Å². The number of nitrogens with zero attached hydrogens (tertiary/aromatic N) is 5. The van der Waals surface area contributed by atoms with Gasteiger partial charge in [-0.2, -0.15) is 0 Å². The number of para-hydroxylation sites is 2. The van der Waals surface area contributed by atoms with Crippen molar-refractivity contribution in [3.8, 4) is 34.5 Å². The van der Waals surface area contributed by atoms with Crippen molar-refractivity contribution in [1.82, 2.24) is 25.2 Å². The van der Waals surface area contributed by atoms with E-state index in [0.717, 1.165) is 16.9 Å². The average Bonchev–Trinajstić information content (AvgIpc) is 3.29. The van der Waals surface area contributed by atoms with Crippen molar-refractivity contribution >= 4 is 0 Å². The summed E-state index contributed by atoms with van der Waals surface area (Å²) in [5, 5.41) is 16.7. The largest absolute Gasteiger partial charge is 0.494 e. The van der Waals surface area contributed by atoms with E-state index in [9.17, 15) is 0 Å². The first-order valence-corrected chi connectivity index (χ1v) is 8.14. The number of methoxy groups -OCH3 is 1. The number of hydrogen-bond acceptors (Lipinski definition) is 6. The maximum absolute atomic E-state index is 5.81. The summed E-state index contributed by atoms with van der Waals surface area (Å²) in [4.78, 5) is 0. The fraction of sp³-hybridized carbons (Fsp3) is 0.158. The molecule has 0 amide bonds. The number of aromatic nitrogens is 5. The molecule has 2 heterocycles. The first-order valence-electron chi connectivity index (χ1n) is 8.14.